The predicted molar refractivity (Wildman–Crippen MR) is 50.5 cm³/mol. The van der Waals surface area contributed by atoms with E-state index in [0.717, 1.165) is 45.2 Å². The highest BCUT2D eigenvalue weighted by atomic mass is 16.3. The van der Waals surface area contributed by atoms with Crippen molar-refractivity contribution in [2.75, 3.05) is 13.1 Å². The highest BCUT2D eigenvalue weighted by Crippen LogP contribution is 2.26. The van der Waals surface area contributed by atoms with Crippen molar-refractivity contribution in [3.63, 3.8) is 0 Å². The van der Waals surface area contributed by atoms with E-state index in [1.165, 1.54) is 0 Å². The molecule has 76 valence electrons. The van der Waals surface area contributed by atoms with Crippen LogP contribution < -0.4 is 0 Å². The minimum absolute atomic E-state index is 0.102. The molecule has 3 nitrogen and oxygen atoms in total. The van der Waals surface area contributed by atoms with Crippen LogP contribution in [0.1, 0.15) is 32.1 Å². The van der Waals surface area contributed by atoms with Crippen molar-refractivity contribution >= 4 is 0 Å². The molecule has 2 N–H and O–H groups in total. The molecule has 0 aromatic carbocycles. The van der Waals surface area contributed by atoms with Gasteiger partial charge in [-0.15, -0.1) is 0 Å². The Morgan fingerprint density at radius 3 is 2.15 bits per heavy atom. The Kier molecular flexibility index (Phi) is 2.86. The monoisotopic (exact) mass is 185 g/mol. The van der Waals surface area contributed by atoms with Crippen LogP contribution in [0.15, 0.2) is 0 Å². The summed E-state index contributed by atoms with van der Waals surface area (Å²) in [6.07, 6.45) is 4.79. The molecule has 0 radical (unpaired) electrons. The van der Waals surface area contributed by atoms with E-state index in [2.05, 4.69) is 4.90 Å². The second kappa shape index (κ2) is 3.95. The third kappa shape index (κ3) is 2.03. The molecule has 2 rings (SSSR count). The number of hydrogen-bond donors (Lipinski definition) is 2. The zero-order valence-electron chi connectivity index (χ0n) is 8.02. The lowest BCUT2D eigenvalue weighted by atomic mass is 10.0. The Balaban J connectivity index is 1.86. The fraction of sp³-hybridized carbons (Fsp3) is 1.00. The number of aliphatic hydroxyl groups excluding tert-OH is 2. The molecular weight excluding hydrogens is 166 g/mol. The fourth-order valence-corrected chi connectivity index (χ4v) is 2.56. The van der Waals surface area contributed by atoms with Gasteiger partial charge in [0.2, 0.25) is 0 Å². The highest BCUT2D eigenvalue weighted by Gasteiger charge is 2.32. The largest absolute Gasteiger partial charge is 0.393 e. The van der Waals surface area contributed by atoms with Gasteiger partial charge >= 0.3 is 0 Å². The summed E-state index contributed by atoms with van der Waals surface area (Å²) in [5.74, 6) is 0. The molecule has 0 amide bonds. The first kappa shape index (κ1) is 9.44. The molecule has 1 saturated heterocycles. The van der Waals surface area contributed by atoms with E-state index in [1.807, 2.05) is 0 Å². The van der Waals surface area contributed by atoms with Gasteiger partial charge in [0.25, 0.3) is 0 Å². The molecule has 1 heterocycles. The van der Waals surface area contributed by atoms with E-state index < -0.39 is 0 Å². The number of aliphatic hydroxyl groups is 2. The smallest absolute Gasteiger partial charge is 0.0695 e. The summed E-state index contributed by atoms with van der Waals surface area (Å²) in [5.41, 5.74) is 0. The van der Waals surface area contributed by atoms with Gasteiger partial charge in [-0.1, -0.05) is 0 Å². The standard InChI is InChI=1S/C10H19NO2/c12-8-4-6-11(7-5-8)9-2-1-3-10(9)13/h8-10,12-13H,1-7H2/t9-,10-/m0/s1. The maximum atomic E-state index is 9.70. The first-order chi connectivity index (χ1) is 6.27. The second-order valence-corrected chi connectivity index (χ2v) is 4.33. The first-order valence-electron chi connectivity index (χ1n) is 5.37. The molecule has 13 heavy (non-hydrogen) atoms. The number of nitrogens with zero attached hydrogens (tertiary/aromatic N) is 1. The van der Waals surface area contributed by atoms with Gasteiger partial charge in [-0.2, -0.15) is 0 Å². The van der Waals surface area contributed by atoms with Crippen LogP contribution in [0.4, 0.5) is 0 Å². The Morgan fingerprint density at radius 2 is 1.62 bits per heavy atom. The van der Waals surface area contributed by atoms with E-state index in [0.29, 0.717) is 6.04 Å². The fourth-order valence-electron chi connectivity index (χ4n) is 2.56. The molecule has 0 aromatic heterocycles. The van der Waals surface area contributed by atoms with Gasteiger partial charge in [0, 0.05) is 19.1 Å². The lowest BCUT2D eigenvalue weighted by Gasteiger charge is -2.35. The quantitative estimate of drug-likeness (QED) is 0.620. The van der Waals surface area contributed by atoms with Crippen LogP contribution >= 0.6 is 0 Å². The molecule has 2 aliphatic rings. The predicted octanol–water partition coefficient (Wildman–Crippen LogP) is 0.356. The third-order valence-corrected chi connectivity index (χ3v) is 3.41. The van der Waals surface area contributed by atoms with Crippen LogP contribution in [0.3, 0.4) is 0 Å². The van der Waals surface area contributed by atoms with Gasteiger partial charge in [0.05, 0.1) is 12.2 Å². The maximum absolute atomic E-state index is 9.70. The van der Waals surface area contributed by atoms with Crippen LogP contribution in [0.2, 0.25) is 0 Å². The number of likely N-dealkylation sites (tertiary alicyclic amines) is 1. The van der Waals surface area contributed by atoms with Crippen molar-refractivity contribution in [2.24, 2.45) is 0 Å². The van der Waals surface area contributed by atoms with Crippen molar-refractivity contribution in [2.45, 2.75) is 50.4 Å². The number of piperidine rings is 1. The van der Waals surface area contributed by atoms with Crippen LogP contribution in [0.5, 0.6) is 0 Å². The zero-order chi connectivity index (χ0) is 9.26. The van der Waals surface area contributed by atoms with Gasteiger partial charge in [0.15, 0.2) is 0 Å². The zero-order valence-corrected chi connectivity index (χ0v) is 8.02. The van der Waals surface area contributed by atoms with Crippen LogP contribution in [0, 0.1) is 0 Å². The molecule has 2 fully saturated rings. The summed E-state index contributed by atoms with van der Waals surface area (Å²) >= 11 is 0. The Bertz CT molecular complexity index is 166. The SMILES string of the molecule is OC1CCN([C@H]2CCC[C@@H]2O)CC1. The summed E-state index contributed by atoms with van der Waals surface area (Å²) in [4.78, 5) is 2.35. The molecule has 0 unspecified atom stereocenters. The molecule has 1 saturated carbocycles. The molecule has 0 spiro atoms. The van der Waals surface area contributed by atoms with Crippen LogP contribution in [-0.4, -0.2) is 46.5 Å². The van der Waals surface area contributed by atoms with E-state index in [4.69, 9.17) is 0 Å². The molecule has 0 aromatic rings. The van der Waals surface area contributed by atoms with Crippen molar-refractivity contribution < 1.29 is 10.2 Å². The normalized spacial score (nSPS) is 38.3. The maximum Gasteiger partial charge on any atom is 0.0695 e. The van der Waals surface area contributed by atoms with Gasteiger partial charge in [0.1, 0.15) is 0 Å². The van der Waals surface area contributed by atoms with Crippen molar-refractivity contribution in [3.8, 4) is 0 Å². The van der Waals surface area contributed by atoms with E-state index in [9.17, 15) is 10.2 Å². The topological polar surface area (TPSA) is 43.7 Å². The van der Waals surface area contributed by atoms with Crippen molar-refractivity contribution in [3.05, 3.63) is 0 Å². The third-order valence-electron chi connectivity index (χ3n) is 3.41. The van der Waals surface area contributed by atoms with E-state index in [-0.39, 0.29) is 12.2 Å². The Morgan fingerprint density at radius 1 is 0.923 bits per heavy atom. The van der Waals surface area contributed by atoms with E-state index in [1.54, 1.807) is 0 Å². The summed E-state index contributed by atoms with van der Waals surface area (Å²) in [6, 6.07) is 0.382. The summed E-state index contributed by atoms with van der Waals surface area (Å²) < 4.78 is 0. The average molecular weight is 185 g/mol. The molecule has 2 atom stereocenters. The number of hydrogen-bond acceptors (Lipinski definition) is 3. The number of rotatable bonds is 1. The highest BCUT2D eigenvalue weighted by molar-refractivity contribution is 4.87. The average Bonchev–Trinajstić information content (AvgIpc) is 2.53. The Labute approximate surface area is 79.4 Å². The van der Waals surface area contributed by atoms with Crippen LogP contribution in [0.25, 0.3) is 0 Å². The van der Waals surface area contributed by atoms with Gasteiger partial charge in [-0.05, 0) is 32.1 Å². The minimum Gasteiger partial charge on any atom is -0.393 e. The molecule has 3 heteroatoms. The lowest BCUT2D eigenvalue weighted by Crippen LogP contribution is -2.46. The van der Waals surface area contributed by atoms with Gasteiger partial charge in [-0.25, -0.2) is 0 Å². The van der Waals surface area contributed by atoms with Gasteiger partial charge in [-0.3, -0.25) is 4.90 Å². The van der Waals surface area contributed by atoms with Gasteiger partial charge < -0.3 is 10.2 Å². The van der Waals surface area contributed by atoms with Crippen molar-refractivity contribution in [1.82, 2.24) is 4.90 Å². The lowest BCUT2D eigenvalue weighted by molar-refractivity contribution is 0.0212. The second-order valence-electron chi connectivity index (χ2n) is 4.33. The summed E-state index contributed by atoms with van der Waals surface area (Å²) in [5, 5.41) is 19.0. The molecule has 1 aliphatic carbocycles. The minimum atomic E-state index is -0.116. The molecule has 1 aliphatic heterocycles. The first-order valence-corrected chi connectivity index (χ1v) is 5.37. The summed E-state index contributed by atoms with van der Waals surface area (Å²) in [6.45, 7) is 1.92. The molecule has 0 bridgehead atoms. The van der Waals surface area contributed by atoms with E-state index >= 15 is 0 Å². The summed E-state index contributed by atoms with van der Waals surface area (Å²) in [7, 11) is 0. The molecular formula is C10H19NO2. The Hall–Kier alpha value is -0.120. The van der Waals surface area contributed by atoms with Crippen LogP contribution in [-0.2, 0) is 0 Å². The van der Waals surface area contributed by atoms with Crippen molar-refractivity contribution in [1.29, 1.82) is 0 Å².